The van der Waals surface area contributed by atoms with Crippen LogP contribution in [0.3, 0.4) is 0 Å². The number of aromatic nitrogens is 4. The number of halogens is 3. The maximum Gasteiger partial charge on any atom is 0.411 e. The zero-order valence-corrected chi connectivity index (χ0v) is 21.9. The molecule has 2 saturated heterocycles. The van der Waals surface area contributed by atoms with Crippen LogP contribution in [0.1, 0.15) is 37.8 Å². The summed E-state index contributed by atoms with van der Waals surface area (Å²) in [6.07, 6.45) is 4.19. The average molecular weight is 549 g/mol. The van der Waals surface area contributed by atoms with Gasteiger partial charge in [-0.3, -0.25) is 4.90 Å². The van der Waals surface area contributed by atoms with Gasteiger partial charge in [-0.25, -0.2) is 15.0 Å². The second-order valence-electron chi connectivity index (χ2n) is 10.4. The molecule has 11 nitrogen and oxygen atoms in total. The largest absolute Gasteiger partial charge is 0.411 e. The average Bonchev–Trinajstić information content (AvgIpc) is 3.67. The van der Waals surface area contributed by atoms with Crippen LogP contribution in [-0.4, -0.2) is 101 Å². The smallest absolute Gasteiger partial charge is 0.378 e. The fourth-order valence-corrected chi connectivity index (χ4v) is 5.02. The Balaban J connectivity index is 1.45. The van der Waals surface area contributed by atoms with E-state index in [1.54, 1.807) is 12.3 Å². The first kappa shape index (κ1) is 27.5. The van der Waals surface area contributed by atoms with Gasteiger partial charge in [0.1, 0.15) is 30.1 Å². The fraction of sp³-hybridized carbons (Fsp3) is 0.640. The number of alkyl halides is 3. The first-order chi connectivity index (χ1) is 18.8. The third-order valence-corrected chi connectivity index (χ3v) is 7.17. The molecule has 3 fully saturated rings. The molecule has 14 heteroatoms. The first-order valence-corrected chi connectivity index (χ1v) is 13.4. The van der Waals surface area contributed by atoms with Gasteiger partial charge in [0, 0.05) is 44.5 Å². The molecule has 0 unspecified atom stereocenters. The fourth-order valence-electron chi connectivity index (χ4n) is 5.02. The number of rotatable bonds is 11. The Bertz CT molecular complexity index is 1120. The lowest BCUT2D eigenvalue weighted by atomic mass is 10.1. The van der Waals surface area contributed by atoms with Gasteiger partial charge >= 0.3 is 6.18 Å². The van der Waals surface area contributed by atoms with Crippen LogP contribution in [0.15, 0.2) is 18.6 Å². The first-order valence-electron chi connectivity index (χ1n) is 13.4. The molecule has 39 heavy (non-hydrogen) atoms. The third-order valence-electron chi connectivity index (χ3n) is 7.17. The van der Waals surface area contributed by atoms with Crippen molar-refractivity contribution in [2.24, 2.45) is 0 Å². The van der Waals surface area contributed by atoms with Crippen LogP contribution in [0, 0.1) is 5.41 Å². The van der Waals surface area contributed by atoms with Crippen LogP contribution < -0.4 is 20.9 Å². The van der Waals surface area contributed by atoms with E-state index in [0.717, 1.165) is 58.4 Å². The highest BCUT2D eigenvalue weighted by molar-refractivity contribution is 6.05. The Morgan fingerprint density at radius 3 is 2.69 bits per heavy atom. The van der Waals surface area contributed by atoms with Crippen LogP contribution in [0.25, 0.3) is 0 Å². The summed E-state index contributed by atoms with van der Waals surface area (Å²) in [5.74, 6) is 1.41. The van der Waals surface area contributed by atoms with Crippen LogP contribution in [0.5, 0.6) is 0 Å². The quantitative estimate of drug-likeness (QED) is 0.246. The molecule has 3 aliphatic rings. The van der Waals surface area contributed by atoms with Gasteiger partial charge in [0.2, 0.25) is 5.95 Å². The van der Waals surface area contributed by atoms with Crippen molar-refractivity contribution in [2.45, 2.75) is 43.8 Å². The topological polar surface area (TPSA) is 127 Å². The van der Waals surface area contributed by atoms with Crippen LogP contribution in [0.2, 0.25) is 0 Å². The third kappa shape index (κ3) is 7.51. The number of piperazine rings is 1. The number of nitrogens with one attached hydrogen (secondary N) is 4. The van der Waals surface area contributed by atoms with E-state index in [4.69, 9.17) is 20.1 Å². The number of hydrogen-bond donors (Lipinski definition) is 4. The Morgan fingerprint density at radius 1 is 1.15 bits per heavy atom. The molecule has 5 rings (SSSR count). The monoisotopic (exact) mass is 548 g/mol. The molecule has 1 aliphatic carbocycles. The van der Waals surface area contributed by atoms with E-state index in [1.807, 2.05) is 0 Å². The van der Waals surface area contributed by atoms with Gasteiger partial charge in [0.15, 0.2) is 5.82 Å². The molecule has 2 aromatic rings. The van der Waals surface area contributed by atoms with Gasteiger partial charge in [-0.15, -0.1) is 0 Å². The molecule has 0 aromatic carbocycles. The predicted molar refractivity (Wildman–Crippen MR) is 142 cm³/mol. The van der Waals surface area contributed by atoms with Crippen molar-refractivity contribution in [1.82, 2.24) is 30.2 Å². The number of piperidine rings is 1. The molecule has 2 aromatic heterocycles. The van der Waals surface area contributed by atoms with Gasteiger partial charge < -0.3 is 31.0 Å². The van der Waals surface area contributed by atoms with Crippen molar-refractivity contribution in [3.8, 4) is 0 Å². The van der Waals surface area contributed by atoms with Gasteiger partial charge in [-0.1, -0.05) is 6.42 Å². The summed E-state index contributed by atoms with van der Waals surface area (Å²) >= 11 is 0. The molecule has 0 atom stereocenters. The number of ether oxygens (including phenoxy) is 1. The Hall–Kier alpha value is -3.10. The summed E-state index contributed by atoms with van der Waals surface area (Å²) in [5, 5.41) is 19.0. The zero-order valence-electron chi connectivity index (χ0n) is 21.9. The second-order valence-corrected chi connectivity index (χ2v) is 10.4. The number of anilines is 4. The Kier molecular flexibility index (Phi) is 8.43. The SMILES string of the molecule is N=C(CN1CCCCC1)c1nc(N2CCNC3(CC3)C2)nc(Nc2ccncn2)c1NCCOCC(F)(F)F. The van der Waals surface area contributed by atoms with Crippen LogP contribution in [0.4, 0.5) is 36.4 Å². The van der Waals surface area contributed by atoms with Crippen LogP contribution in [-0.2, 0) is 4.74 Å². The molecule has 212 valence electrons. The van der Waals surface area contributed by atoms with Gasteiger partial charge in [0.05, 0.1) is 12.3 Å². The summed E-state index contributed by atoms with van der Waals surface area (Å²) in [7, 11) is 0. The molecule has 2 aliphatic heterocycles. The summed E-state index contributed by atoms with van der Waals surface area (Å²) < 4.78 is 42.5. The van der Waals surface area contributed by atoms with E-state index < -0.39 is 12.8 Å². The Morgan fingerprint density at radius 2 is 1.97 bits per heavy atom. The van der Waals surface area contributed by atoms with E-state index in [0.29, 0.717) is 41.2 Å². The molecule has 0 radical (unpaired) electrons. The van der Waals surface area contributed by atoms with E-state index in [2.05, 4.69) is 35.7 Å². The summed E-state index contributed by atoms with van der Waals surface area (Å²) in [6, 6.07) is 1.70. The normalized spacial score (nSPS) is 19.2. The lowest BCUT2D eigenvalue weighted by molar-refractivity contribution is -0.172. The molecule has 0 amide bonds. The molecule has 0 bridgehead atoms. The summed E-state index contributed by atoms with van der Waals surface area (Å²) in [4.78, 5) is 22.3. The van der Waals surface area contributed by atoms with E-state index in [-0.39, 0.29) is 18.7 Å². The molecule has 4 heterocycles. The minimum atomic E-state index is -4.39. The molecule has 1 spiro atoms. The maximum atomic E-state index is 12.6. The standard InChI is InChI=1S/C25H35F3N10O/c26-25(27,28)16-39-13-9-31-21-20(18(29)14-37-10-2-1-3-11-37)35-23(38-12-8-33-24(15-38)5-6-24)36-22(21)34-19-4-7-30-17-32-19/h4,7,17,29,31,33H,1-3,5-6,8-16H2,(H,30,32,34,35,36). The van der Waals surface area contributed by atoms with Crippen molar-refractivity contribution in [2.75, 3.05) is 74.6 Å². The number of hydrogen-bond acceptors (Lipinski definition) is 11. The lowest BCUT2D eigenvalue weighted by Crippen LogP contribution is -2.53. The van der Waals surface area contributed by atoms with Crippen molar-refractivity contribution in [1.29, 1.82) is 5.41 Å². The lowest BCUT2D eigenvalue weighted by Gasteiger charge is -2.34. The van der Waals surface area contributed by atoms with Crippen molar-refractivity contribution < 1.29 is 17.9 Å². The summed E-state index contributed by atoms with van der Waals surface area (Å²) in [6.45, 7) is 3.16. The predicted octanol–water partition coefficient (Wildman–Crippen LogP) is 2.80. The maximum absolute atomic E-state index is 12.6. The van der Waals surface area contributed by atoms with E-state index >= 15 is 0 Å². The Labute approximate surface area is 225 Å². The molecular weight excluding hydrogens is 513 g/mol. The van der Waals surface area contributed by atoms with Crippen molar-refractivity contribution >= 4 is 29.0 Å². The van der Waals surface area contributed by atoms with E-state index in [9.17, 15) is 13.2 Å². The highest BCUT2D eigenvalue weighted by Crippen LogP contribution is 2.39. The van der Waals surface area contributed by atoms with Gasteiger partial charge in [0.25, 0.3) is 0 Å². The highest BCUT2D eigenvalue weighted by Gasteiger charge is 2.46. The van der Waals surface area contributed by atoms with Crippen LogP contribution >= 0.6 is 0 Å². The minimum absolute atomic E-state index is 0.0813. The number of likely N-dealkylation sites (tertiary alicyclic amines) is 1. The van der Waals surface area contributed by atoms with Crippen molar-refractivity contribution in [3.05, 3.63) is 24.3 Å². The van der Waals surface area contributed by atoms with Crippen molar-refractivity contribution in [3.63, 3.8) is 0 Å². The molecular formula is C25H35F3N10O. The minimum Gasteiger partial charge on any atom is -0.378 e. The highest BCUT2D eigenvalue weighted by atomic mass is 19.4. The second kappa shape index (κ2) is 12.0. The molecule has 4 N–H and O–H groups in total. The summed E-state index contributed by atoms with van der Waals surface area (Å²) in [5.41, 5.74) is 1.27. The van der Waals surface area contributed by atoms with Gasteiger partial charge in [-0.05, 0) is 44.8 Å². The van der Waals surface area contributed by atoms with E-state index in [1.165, 1.54) is 12.7 Å². The van der Waals surface area contributed by atoms with Gasteiger partial charge in [-0.2, -0.15) is 18.2 Å². The zero-order chi connectivity index (χ0) is 27.3. The molecule has 1 saturated carbocycles. The number of nitrogens with zero attached hydrogens (tertiary/aromatic N) is 6.